The van der Waals surface area contributed by atoms with E-state index in [0.29, 0.717) is 25.9 Å². The summed E-state index contributed by atoms with van der Waals surface area (Å²) in [6.45, 7) is 4.96. The monoisotopic (exact) mass is 986 g/mol. The van der Waals surface area contributed by atoms with Gasteiger partial charge in [0.15, 0.2) is 0 Å². The summed E-state index contributed by atoms with van der Waals surface area (Å²) < 4.78 is 5.47. The molecule has 0 fully saturated rings. The third kappa shape index (κ3) is 55.7. The third-order valence-corrected chi connectivity index (χ3v) is 14.7. The maximum atomic E-state index is 12.5. The number of allylic oxidation sites excluding steroid dienone is 4. The number of carbonyl (C=O) groups is 2. The fraction of sp³-hybridized carbons (Fsp3) is 0.906. The van der Waals surface area contributed by atoms with Gasteiger partial charge in [-0.25, -0.2) is 0 Å². The van der Waals surface area contributed by atoms with Crippen LogP contribution in [0.1, 0.15) is 348 Å². The molecule has 6 heteroatoms. The van der Waals surface area contributed by atoms with E-state index in [1.165, 1.54) is 270 Å². The number of unbranched alkanes of at least 4 members (excludes halogenated alkanes) is 44. The van der Waals surface area contributed by atoms with Crippen molar-refractivity contribution in [1.29, 1.82) is 0 Å². The molecule has 0 spiro atoms. The first kappa shape index (κ1) is 68.3. The molecule has 1 amide bonds. The number of esters is 1. The van der Waals surface area contributed by atoms with Crippen molar-refractivity contribution >= 4 is 11.9 Å². The topological polar surface area (TPSA) is 95.9 Å². The summed E-state index contributed by atoms with van der Waals surface area (Å²) in [6, 6.07) is -0.547. The second-order valence-electron chi connectivity index (χ2n) is 21.7. The molecule has 2 unspecified atom stereocenters. The van der Waals surface area contributed by atoms with Crippen molar-refractivity contribution in [3.8, 4) is 0 Å². The van der Waals surface area contributed by atoms with Crippen molar-refractivity contribution in [3.63, 3.8) is 0 Å². The Morgan fingerprint density at radius 2 is 0.671 bits per heavy atom. The molecule has 6 nitrogen and oxygen atoms in total. The number of ether oxygens (including phenoxy) is 1. The zero-order valence-electron chi connectivity index (χ0n) is 47.3. The van der Waals surface area contributed by atoms with Crippen LogP contribution in [0.3, 0.4) is 0 Å². The molecule has 0 aliphatic heterocycles. The molecule has 0 aliphatic rings. The zero-order valence-corrected chi connectivity index (χ0v) is 47.3. The van der Waals surface area contributed by atoms with Gasteiger partial charge in [0.05, 0.1) is 25.4 Å². The molecule has 0 bridgehead atoms. The van der Waals surface area contributed by atoms with E-state index < -0.39 is 12.1 Å². The second-order valence-corrected chi connectivity index (χ2v) is 21.7. The molecule has 70 heavy (non-hydrogen) atoms. The first-order chi connectivity index (χ1) is 34.5. The molecule has 0 aromatic carbocycles. The lowest BCUT2D eigenvalue weighted by Crippen LogP contribution is -2.45. The van der Waals surface area contributed by atoms with Crippen LogP contribution in [0.15, 0.2) is 24.3 Å². The van der Waals surface area contributed by atoms with Gasteiger partial charge in [0.2, 0.25) is 5.91 Å². The van der Waals surface area contributed by atoms with E-state index in [4.69, 9.17) is 4.74 Å². The first-order valence-corrected chi connectivity index (χ1v) is 31.6. The Morgan fingerprint density at radius 1 is 0.386 bits per heavy atom. The van der Waals surface area contributed by atoms with Crippen molar-refractivity contribution in [2.75, 3.05) is 13.2 Å². The van der Waals surface area contributed by atoms with Gasteiger partial charge in [-0.1, -0.05) is 282 Å². The third-order valence-electron chi connectivity index (χ3n) is 14.7. The predicted octanol–water partition coefficient (Wildman–Crippen LogP) is 19.8. The average molecular weight is 987 g/mol. The van der Waals surface area contributed by atoms with E-state index in [1.807, 2.05) is 0 Å². The highest BCUT2D eigenvalue weighted by molar-refractivity contribution is 5.76. The SMILES string of the molecule is CCCCCCC/C=C\CCCCCCCC(=O)OCCCCCCCCCCCC/C=C\CCCCCCCCCC(=O)NC(CO)C(O)CCCCCCCCCCCCCCCCCCCC. The second kappa shape index (κ2) is 59.9. The lowest BCUT2D eigenvalue weighted by atomic mass is 10.0. The summed E-state index contributed by atoms with van der Waals surface area (Å²) in [4.78, 5) is 24.5. The minimum absolute atomic E-state index is 0.000182. The van der Waals surface area contributed by atoms with Gasteiger partial charge in [-0.05, 0) is 77.0 Å². The van der Waals surface area contributed by atoms with Gasteiger partial charge in [-0.15, -0.1) is 0 Å². The van der Waals surface area contributed by atoms with Crippen molar-refractivity contribution < 1.29 is 24.5 Å². The summed E-state index contributed by atoms with van der Waals surface area (Å²) in [7, 11) is 0. The highest BCUT2D eigenvalue weighted by atomic mass is 16.5. The molecule has 0 radical (unpaired) electrons. The first-order valence-electron chi connectivity index (χ1n) is 31.6. The van der Waals surface area contributed by atoms with Gasteiger partial charge in [-0.2, -0.15) is 0 Å². The summed E-state index contributed by atoms with van der Waals surface area (Å²) >= 11 is 0. The Kier molecular flexibility index (Phi) is 58.5. The van der Waals surface area contributed by atoms with Crippen molar-refractivity contribution in [3.05, 3.63) is 24.3 Å². The van der Waals surface area contributed by atoms with E-state index in [0.717, 1.165) is 44.9 Å². The number of rotatable bonds is 59. The Hall–Kier alpha value is -1.66. The predicted molar refractivity (Wildman–Crippen MR) is 306 cm³/mol. The minimum atomic E-state index is -0.670. The fourth-order valence-electron chi connectivity index (χ4n) is 9.87. The Balaban J connectivity index is 3.43. The van der Waals surface area contributed by atoms with Crippen LogP contribution < -0.4 is 5.32 Å². The van der Waals surface area contributed by atoms with Crippen LogP contribution in [0, 0.1) is 0 Å². The van der Waals surface area contributed by atoms with Gasteiger partial charge in [0.25, 0.3) is 0 Å². The molecule has 414 valence electrons. The van der Waals surface area contributed by atoms with Gasteiger partial charge in [0.1, 0.15) is 0 Å². The van der Waals surface area contributed by atoms with E-state index in [9.17, 15) is 19.8 Å². The number of hydrogen-bond donors (Lipinski definition) is 3. The molecule has 0 saturated carbocycles. The van der Waals surface area contributed by atoms with E-state index in [1.54, 1.807) is 0 Å². The minimum Gasteiger partial charge on any atom is -0.466 e. The van der Waals surface area contributed by atoms with Crippen LogP contribution in [0.5, 0.6) is 0 Å². The normalized spacial score (nSPS) is 12.7. The van der Waals surface area contributed by atoms with E-state index >= 15 is 0 Å². The lowest BCUT2D eigenvalue weighted by molar-refractivity contribution is -0.143. The molecular formula is C64H123NO5. The highest BCUT2D eigenvalue weighted by Crippen LogP contribution is 2.18. The van der Waals surface area contributed by atoms with Gasteiger partial charge < -0.3 is 20.3 Å². The molecule has 0 saturated heterocycles. The summed E-state index contributed by atoms with van der Waals surface area (Å²) in [5.41, 5.74) is 0. The molecule has 0 aromatic heterocycles. The Morgan fingerprint density at radius 3 is 1.01 bits per heavy atom. The van der Waals surface area contributed by atoms with Crippen LogP contribution in [-0.2, 0) is 14.3 Å². The number of aliphatic hydroxyl groups excluding tert-OH is 2. The lowest BCUT2D eigenvalue weighted by Gasteiger charge is -2.22. The largest absolute Gasteiger partial charge is 0.466 e. The number of carbonyl (C=O) groups excluding carboxylic acids is 2. The van der Waals surface area contributed by atoms with E-state index in [-0.39, 0.29) is 18.5 Å². The maximum absolute atomic E-state index is 12.5. The number of amides is 1. The summed E-state index contributed by atoms with van der Waals surface area (Å²) in [5, 5.41) is 23.3. The van der Waals surface area contributed by atoms with Crippen molar-refractivity contribution in [1.82, 2.24) is 5.32 Å². The van der Waals surface area contributed by atoms with Crippen LogP contribution in [0.2, 0.25) is 0 Å². The molecule has 0 heterocycles. The van der Waals surface area contributed by atoms with Gasteiger partial charge >= 0.3 is 5.97 Å². The van der Waals surface area contributed by atoms with E-state index in [2.05, 4.69) is 43.5 Å². The van der Waals surface area contributed by atoms with Crippen LogP contribution in [0.4, 0.5) is 0 Å². The highest BCUT2D eigenvalue weighted by Gasteiger charge is 2.20. The molecule has 3 N–H and O–H groups in total. The number of aliphatic hydroxyl groups is 2. The van der Waals surface area contributed by atoms with Crippen LogP contribution >= 0.6 is 0 Å². The van der Waals surface area contributed by atoms with Crippen molar-refractivity contribution in [2.24, 2.45) is 0 Å². The molecule has 0 rings (SSSR count). The van der Waals surface area contributed by atoms with Gasteiger partial charge in [-0.3, -0.25) is 9.59 Å². The van der Waals surface area contributed by atoms with Crippen LogP contribution in [-0.4, -0.2) is 47.4 Å². The molecular weight excluding hydrogens is 863 g/mol. The maximum Gasteiger partial charge on any atom is 0.305 e. The molecule has 0 aliphatic carbocycles. The Bertz CT molecular complexity index is 1090. The zero-order chi connectivity index (χ0) is 50.7. The summed E-state index contributed by atoms with van der Waals surface area (Å²) in [5.74, 6) is -0.0399. The number of nitrogens with one attached hydrogen (secondary N) is 1. The fourth-order valence-corrected chi connectivity index (χ4v) is 9.87. The average Bonchev–Trinajstić information content (AvgIpc) is 3.36. The van der Waals surface area contributed by atoms with Crippen molar-refractivity contribution in [2.45, 2.75) is 360 Å². The standard InChI is InChI=1S/C64H123NO5/c1-3-5-7-9-11-13-15-17-19-20-26-29-32-36-40-44-48-52-56-62(67)61(60-66)65-63(68)57-53-49-45-41-37-33-30-27-24-22-21-23-25-28-31-35-39-43-47-51-55-59-70-64(69)58-54-50-46-42-38-34-18-16-14-12-10-8-6-4-2/h16,18,22,24,61-62,66-67H,3-15,17,19-21,23,25-60H2,1-2H3,(H,65,68)/b18-16-,24-22-. The quantitative estimate of drug-likeness (QED) is 0.0321. The number of hydrogen-bond acceptors (Lipinski definition) is 5. The van der Waals surface area contributed by atoms with Crippen LogP contribution in [0.25, 0.3) is 0 Å². The van der Waals surface area contributed by atoms with Gasteiger partial charge in [0, 0.05) is 12.8 Å². The molecule has 2 atom stereocenters. The summed E-state index contributed by atoms with van der Waals surface area (Å²) in [6.07, 6.45) is 73.3. The molecule has 0 aromatic rings. The smallest absolute Gasteiger partial charge is 0.305 e. The Labute approximate surface area is 437 Å².